The molecule has 1 heteroatoms. The van der Waals surface area contributed by atoms with Gasteiger partial charge < -0.3 is 0 Å². The number of hydrogen-bond donors (Lipinski definition) is 0. The Bertz CT molecular complexity index is 624. The van der Waals surface area contributed by atoms with Gasteiger partial charge in [-0.15, -0.1) is 0 Å². The smallest absolute Gasteiger partial charge is 0.0528 e. The average molecular weight is 223 g/mol. The summed E-state index contributed by atoms with van der Waals surface area (Å²) in [7, 11) is 0. The van der Waals surface area contributed by atoms with Crippen LogP contribution in [0.3, 0.4) is 0 Å². The van der Waals surface area contributed by atoms with E-state index in [4.69, 9.17) is 0 Å². The van der Waals surface area contributed by atoms with Crippen LogP contribution in [0, 0.1) is 27.7 Å². The van der Waals surface area contributed by atoms with E-state index in [1.807, 2.05) is 6.20 Å². The van der Waals surface area contributed by atoms with Gasteiger partial charge >= 0.3 is 0 Å². The summed E-state index contributed by atoms with van der Waals surface area (Å²) < 4.78 is 0. The molecule has 0 aliphatic heterocycles. The second-order valence-corrected chi connectivity index (χ2v) is 5.10. The fourth-order valence-electron chi connectivity index (χ4n) is 2.87. The summed E-state index contributed by atoms with van der Waals surface area (Å²) in [6, 6.07) is 4.44. The van der Waals surface area contributed by atoms with E-state index >= 15 is 0 Å². The SMILES string of the molecule is Cc1cc2c(c(C)c1C)Cc1nccc(C)c1-2. The van der Waals surface area contributed by atoms with Crippen LogP contribution in [0.1, 0.15) is 33.5 Å². The molecule has 0 bridgehead atoms. The first-order valence-electron chi connectivity index (χ1n) is 6.14. The lowest BCUT2D eigenvalue weighted by molar-refractivity contribution is 1.09. The third-order valence-corrected chi connectivity index (χ3v) is 4.14. The van der Waals surface area contributed by atoms with E-state index in [9.17, 15) is 0 Å². The van der Waals surface area contributed by atoms with Gasteiger partial charge in [0.05, 0.1) is 5.69 Å². The summed E-state index contributed by atoms with van der Waals surface area (Å²) in [6.45, 7) is 8.84. The van der Waals surface area contributed by atoms with Crippen molar-refractivity contribution in [2.24, 2.45) is 0 Å². The Morgan fingerprint density at radius 2 is 1.76 bits per heavy atom. The zero-order chi connectivity index (χ0) is 12.2. The molecule has 86 valence electrons. The van der Waals surface area contributed by atoms with Crippen molar-refractivity contribution in [3.8, 4) is 11.1 Å². The maximum atomic E-state index is 4.54. The fourth-order valence-corrected chi connectivity index (χ4v) is 2.87. The second-order valence-electron chi connectivity index (χ2n) is 5.10. The standard InChI is InChI=1S/C16H17N/c1-9-5-6-17-15-8-13-12(4)11(3)10(2)7-14(13)16(9)15/h5-7H,8H2,1-4H3. The first-order valence-corrected chi connectivity index (χ1v) is 6.14. The van der Waals surface area contributed by atoms with Gasteiger partial charge in [-0.2, -0.15) is 0 Å². The van der Waals surface area contributed by atoms with Crippen molar-refractivity contribution in [3.05, 3.63) is 51.8 Å². The van der Waals surface area contributed by atoms with Crippen molar-refractivity contribution in [2.45, 2.75) is 34.1 Å². The van der Waals surface area contributed by atoms with Crippen LogP contribution >= 0.6 is 0 Å². The number of rotatable bonds is 0. The number of aryl methyl sites for hydroxylation is 2. The summed E-state index contributed by atoms with van der Waals surface area (Å²) >= 11 is 0. The molecule has 0 atom stereocenters. The molecule has 0 fully saturated rings. The van der Waals surface area contributed by atoms with E-state index in [-0.39, 0.29) is 0 Å². The molecule has 0 N–H and O–H groups in total. The summed E-state index contributed by atoms with van der Waals surface area (Å²) in [6.07, 6.45) is 2.92. The predicted molar refractivity (Wildman–Crippen MR) is 71.4 cm³/mol. The fraction of sp³-hybridized carbons (Fsp3) is 0.312. The van der Waals surface area contributed by atoms with E-state index in [1.165, 1.54) is 44.6 Å². The highest BCUT2D eigenvalue weighted by Gasteiger charge is 2.23. The molecule has 0 radical (unpaired) electrons. The molecule has 1 aliphatic carbocycles. The van der Waals surface area contributed by atoms with Crippen LogP contribution in [0.4, 0.5) is 0 Å². The third kappa shape index (κ3) is 1.35. The van der Waals surface area contributed by atoms with Crippen LogP contribution in [-0.2, 0) is 6.42 Å². The summed E-state index contributed by atoms with van der Waals surface area (Å²) in [4.78, 5) is 4.54. The number of nitrogens with zero attached hydrogens (tertiary/aromatic N) is 1. The van der Waals surface area contributed by atoms with E-state index < -0.39 is 0 Å². The molecule has 2 aromatic rings. The van der Waals surface area contributed by atoms with Crippen LogP contribution in [0.25, 0.3) is 11.1 Å². The largest absolute Gasteiger partial charge is 0.260 e. The highest BCUT2D eigenvalue weighted by atomic mass is 14.7. The van der Waals surface area contributed by atoms with Crippen molar-refractivity contribution < 1.29 is 0 Å². The molecule has 1 heterocycles. The summed E-state index contributed by atoms with van der Waals surface area (Å²) in [5.74, 6) is 0. The summed E-state index contributed by atoms with van der Waals surface area (Å²) in [5.41, 5.74) is 11.1. The number of aromatic nitrogens is 1. The Balaban J connectivity index is 2.37. The molecule has 0 saturated heterocycles. The first kappa shape index (κ1) is 10.5. The number of hydrogen-bond acceptors (Lipinski definition) is 1. The van der Waals surface area contributed by atoms with Crippen LogP contribution in [0.15, 0.2) is 18.3 Å². The predicted octanol–water partition coefficient (Wildman–Crippen LogP) is 3.89. The molecular weight excluding hydrogens is 206 g/mol. The first-order chi connectivity index (χ1) is 8.09. The van der Waals surface area contributed by atoms with Crippen molar-refractivity contribution >= 4 is 0 Å². The number of fused-ring (bicyclic) bond motifs is 3. The summed E-state index contributed by atoms with van der Waals surface area (Å²) in [5, 5.41) is 0. The lowest BCUT2D eigenvalue weighted by Gasteiger charge is -2.11. The minimum atomic E-state index is 0.999. The molecule has 0 saturated carbocycles. The van der Waals surface area contributed by atoms with Crippen LogP contribution < -0.4 is 0 Å². The monoisotopic (exact) mass is 223 g/mol. The molecular formula is C16H17N. The van der Waals surface area contributed by atoms with Gasteiger partial charge in [-0.1, -0.05) is 6.07 Å². The molecule has 1 aromatic carbocycles. The second kappa shape index (κ2) is 3.43. The van der Waals surface area contributed by atoms with Gasteiger partial charge in [0.15, 0.2) is 0 Å². The van der Waals surface area contributed by atoms with E-state index in [0.717, 1.165) is 6.42 Å². The van der Waals surface area contributed by atoms with Gasteiger partial charge in [0.1, 0.15) is 0 Å². The lowest BCUT2D eigenvalue weighted by Crippen LogP contribution is -1.93. The van der Waals surface area contributed by atoms with E-state index in [0.29, 0.717) is 0 Å². The molecule has 0 amide bonds. The Morgan fingerprint density at radius 3 is 2.53 bits per heavy atom. The van der Waals surface area contributed by atoms with Crippen molar-refractivity contribution in [1.82, 2.24) is 4.98 Å². The molecule has 0 unspecified atom stereocenters. The lowest BCUT2D eigenvalue weighted by atomic mass is 9.93. The average Bonchev–Trinajstić information content (AvgIpc) is 2.66. The maximum Gasteiger partial charge on any atom is 0.0528 e. The van der Waals surface area contributed by atoms with Crippen LogP contribution in [-0.4, -0.2) is 4.98 Å². The number of pyridine rings is 1. The molecule has 3 rings (SSSR count). The Labute approximate surface area is 103 Å². The zero-order valence-corrected chi connectivity index (χ0v) is 10.9. The van der Waals surface area contributed by atoms with Gasteiger partial charge in [-0.05, 0) is 67.1 Å². The molecule has 0 spiro atoms. The molecule has 17 heavy (non-hydrogen) atoms. The maximum absolute atomic E-state index is 4.54. The highest BCUT2D eigenvalue weighted by molar-refractivity contribution is 5.80. The van der Waals surface area contributed by atoms with Crippen LogP contribution in [0.2, 0.25) is 0 Å². The topological polar surface area (TPSA) is 12.9 Å². The van der Waals surface area contributed by atoms with Gasteiger partial charge in [0, 0.05) is 18.2 Å². The zero-order valence-electron chi connectivity index (χ0n) is 10.9. The third-order valence-electron chi connectivity index (χ3n) is 4.14. The van der Waals surface area contributed by atoms with Gasteiger partial charge in [0.2, 0.25) is 0 Å². The molecule has 1 aromatic heterocycles. The van der Waals surface area contributed by atoms with Crippen molar-refractivity contribution in [3.63, 3.8) is 0 Å². The number of benzene rings is 1. The molecule has 1 aliphatic rings. The minimum absolute atomic E-state index is 0.999. The van der Waals surface area contributed by atoms with Gasteiger partial charge in [-0.3, -0.25) is 4.98 Å². The normalized spacial score (nSPS) is 12.5. The Morgan fingerprint density at radius 1 is 1.00 bits per heavy atom. The Kier molecular flexibility index (Phi) is 2.12. The van der Waals surface area contributed by atoms with Gasteiger partial charge in [0.25, 0.3) is 0 Å². The van der Waals surface area contributed by atoms with Crippen LogP contribution in [0.5, 0.6) is 0 Å². The highest BCUT2D eigenvalue weighted by Crippen LogP contribution is 2.40. The molecule has 1 nitrogen and oxygen atoms in total. The quantitative estimate of drug-likeness (QED) is 0.563. The van der Waals surface area contributed by atoms with Gasteiger partial charge in [-0.25, -0.2) is 0 Å². The van der Waals surface area contributed by atoms with E-state index in [1.54, 1.807) is 0 Å². The van der Waals surface area contributed by atoms with Crippen molar-refractivity contribution in [1.29, 1.82) is 0 Å². The van der Waals surface area contributed by atoms with E-state index in [2.05, 4.69) is 44.8 Å². The van der Waals surface area contributed by atoms with Crippen molar-refractivity contribution in [2.75, 3.05) is 0 Å². The minimum Gasteiger partial charge on any atom is -0.260 e. The Hall–Kier alpha value is -1.63.